The Bertz CT molecular complexity index is 719. The number of nitriles is 1. The van der Waals surface area contributed by atoms with Crippen LogP contribution in [0, 0.1) is 30.2 Å². The molecular weight excluding hydrogens is 524 g/mol. The maximum atomic E-state index is 9.46. The average Bonchev–Trinajstić information content (AvgIpc) is 2.67. The van der Waals surface area contributed by atoms with Crippen LogP contribution in [0.15, 0.2) is 42.5 Å². The number of hydrogen-bond acceptors (Lipinski definition) is 3. The topological polar surface area (TPSA) is 61.1 Å². The Morgan fingerprint density at radius 1 is 1.27 bits per heavy atom. The number of nitrogens with zero attached hydrogens (tertiary/aromatic N) is 1. The quantitative estimate of drug-likeness (QED) is 0.493. The van der Waals surface area contributed by atoms with Crippen molar-refractivity contribution < 1.29 is 27.2 Å². The standard InChI is InChI=1S/C13H7ClN.C8H15O.O.Os/c14-13-8-10(9-15)6-7-12(13)11-4-2-1-3-5-11;1-7-3-5-8(2,9)6-4-7;;/h2-8H;7,9H,1,3-6H2,2H3;;/q2*-1;;. The van der Waals surface area contributed by atoms with Gasteiger partial charge in [0.15, 0.2) is 0 Å². The predicted octanol–water partition coefficient (Wildman–Crippen LogP) is 5.32. The van der Waals surface area contributed by atoms with E-state index in [1.807, 2.05) is 37.3 Å². The molecule has 5 heteroatoms. The third-order valence-electron chi connectivity index (χ3n) is 4.31. The van der Waals surface area contributed by atoms with Gasteiger partial charge in [-0.15, -0.1) is 5.56 Å². The van der Waals surface area contributed by atoms with E-state index < -0.39 is 0 Å². The molecule has 0 saturated heterocycles. The van der Waals surface area contributed by atoms with Crippen molar-refractivity contribution in [3.05, 3.63) is 66.0 Å². The molecule has 1 N–H and O–H groups in total. The number of hydrogen-bond donors (Lipinski definition) is 1. The Labute approximate surface area is 171 Å². The van der Waals surface area contributed by atoms with E-state index in [-0.39, 0.29) is 5.60 Å². The van der Waals surface area contributed by atoms with Gasteiger partial charge in [0.05, 0.1) is 17.2 Å². The molecule has 0 spiro atoms. The van der Waals surface area contributed by atoms with E-state index in [0.717, 1.165) is 36.8 Å². The molecular formula is C21H22ClNO2Os-2. The van der Waals surface area contributed by atoms with Gasteiger partial charge in [-0.05, 0) is 37.5 Å². The van der Waals surface area contributed by atoms with Crippen LogP contribution in [-0.4, -0.2) is 10.7 Å². The zero-order valence-corrected chi connectivity index (χ0v) is 18.0. The first-order valence-electron chi connectivity index (χ1n) is 8.27. The van der Waals surface area contributed by atoms with Crippen LogP contribution >= 0.6 is 11.6 Å². The van der Waals surface area contributed by atoms with E-state index in [9.17, 15) is 5.11 Å². The normalized spacial score (nSPS) is 21.3. The minimum atomic E-state index is -0.381. The molecule has 2 aromatic carbocycles. The summed E-state index contributed by atoms with van der Waals surface area (Å²) in [6, 6.07) is 17.8. The summed E-state index contributed by atoms with van der Waals surface area (Å²) in [7, 11) is 0. The van der Waals surface area contributed by atoms with E-state index in [0.29, 0.717) is 35.1 Å². The zero-order chi connectivity index (χ0) is 19.6. The van der Waals surface area contributed by atoms with Gasteiger partial charge in [-0.2, -0.15) is 41.5 Å². The molecule has 0 atom stereocenters. The van der Waals surface area contributed by atoms with Gasteiger partial charge < -0.3 is 12.0 Å². The molecule has 0 bridgehead atoms. The molecule has 0 radical (unpaired) electrons. The Morgan fingerprint density at radius 3 is 2.31 bits per heavy atom. The van der Waals surface area contributed by atoms with Crippen molar-refractivity contribution in [2.45, 2.75) is 38.2 Å². The zero-order valence-electron chi connectivity index (χ0n) is 14.7. The van der Waals surface area contributed by atoms with Gasteiger partial charge in [0.1, 0.15) is 0 Å². The molecule has 1 saturated carbocycles. The summed E-state index contributed by atoms with van der Waals surface area (Å²) in [4.78, 5) is 0. The van der Waals surface area contributed by atoms with Gasteiger partial charge in [-0.3, -0.25) is 0 Å². The Morgan fingerprint density at radius 2 is 1.85 bits per heavy atom. The predicted molar refractivity (Wildman–Crippen MR) is 99.1 cm³/mol. The van der Waals surface area contributed by atoms with Crippen LogP contribution in [0.4, 0.5) is 0 Å². The minimum absolute atomic E-state index is 0.381. The summed E-state index contributed by atoms with van der Waals surface area (Å²) >= 11 is 6.69. The summed E-state index contributed by atoms with van der Waals surface area (Å²) in [5.74, 6) is 0.588. The summed E-state index contributed by atoms with van der Waals surface area (Å²) < 4.78 is 8.28. The van der Waals surface area contributed by atoms with E-state index in [4.69, 9.17) is 20.4 Å². The number of aliphatic hydroxyl groups is 1. The Hall–Kier alpha value is -1.38. The van der Waals surface area contributed by atoms with Gasteiger partial charge in [-0.1, -0.05) is 30.5 Å². The van der Waals surface area contributed by atoms with E-state index in [1.165, 1.54) is 0 Å². The van der Waals surface area contributed by atoms with Crippen LogP contribution in [0.5, 0.6) is 0 Å². The van der Waals surface area contributed by atoms with E-state index in [2.05, 4.69) is 19.1 Å². The first-order valence-corrected chi connectivity index (χ1v) is 9.69. The van der Waals surface area contributed by atoms with Crippen molar-refractivity contribution in [2.24, 2.45) is 5.92 Å². The monoisotopic (exact) mass is 547 g/mol. The average molecular weight is 546 g/mol. The molecule has 1 aliphatic rings. The van der Waals surface area contributed by atoms with Gasteiger partial charge in [0, 0.05) is 5.02 Å². The molecule has 0 amide bonds. The fourth-order valence-electron chi connectivity index (χ4n) is 2.68. The molecule has 0 unspecified atom stereocenters. The van der Waals surface area contributed by atoms with Crippen molar-refractivity contribution in [1.29, 1.82) is 5.26 Å². The molecule has 2 aromatic rings. The second-order valence-corrected chi connectivity index (χ2v) is 6.94. The molecule has 1 aliphatic carbocycles. The van der Waals surface area contributed by atoms with Gasteiger partial charge in [0.2, 0.25) is 0 Å². The summed E-state index contributed by atoms with van der Waals surface area (Å²) in [6.07, 6.45) is 4.04. The Balaban J connectivity index is 0.000000263. The third kappa shape index (κ3) is 7.47. The molecule has 140 valence electrons. The fraction of sp³-hybridized carbons (Fsp3) is 0.333. The second-order valence-electron chi connectivity index (χ2n) is 6.54. The summed E-state index contributed by atoms with van der Waals surface area (Å²) in [5, 5.41) is 18.8. The van der Waals surface area contributed by atoms with Gasteiger partial charge in [-0.25, -0.2) is 0 Å². The molecule has 0 heterocycles. The maximum absolute atomic E-state index is 9.46. The Kier molecular flexibility index (Phi) is 9.90. The number of halogens is 1. The third-order valence-corrected chi connectivity index (χ3v) is 4.62. The first kappa shape index (κ1) is 22.7. The number of benzene rings is 2. The van der Waals surface area contributed by atoms with Crippen molar-refractivity contribution in [1.82, 2.24) is 0 Å². The molecule has 0 aliphatic heterocycles. The first-order chi connectivity index (χ1) is 12.4. The van der Waals surface area contributed by atoms with Crippen LogP contribution in [0.2, 0.25) is 5.02 Å². The molecule has 3 nitrogen and oxygen atoms in total. The van der Waals surface area contributed by atoms with Crippen LogP contribution in [-0.2, 0) is 22.1 Å². The number of rotatable bonds is 1. The summed E-state index contributed by atoms with van der Waals surface area (Å²) in [6.45, 7) is 5.87. The fourth-order valence-corrected chi connectivity index (χ4v) is 2.97. The molecule has 0 aromatic heterocycles. The van der Waals surface area contributed by atoms with E-state index in [1.54, 1.807) is 12.1 Å². The van der Waals surface area contributed by atoms with Crippen molar-refractivity contribution >= 4 is 11.6 Å². The van der Waals surface area contributed by atoms with Gasteiger partial charge >= 0.3 is 22.1 Å². The van der Waals surface area contributed by atoms with Crippen molar-refractivity contribution in [3.8, 4) is 17.2 Å². The molecule has 26 heavy (non-hydrogen) atoms. The molecule has 3 rings (SSSR count). The van der Waals surface area contributed by atoms with Crippen molar-refractivity contribution in [3.63, 3.8) is 0 Å². The molecule has 1 fully saturated rings. The van der Waals surface area contributed by atoms with Crippen LogP contribution in [0.1, 0.15) is 38.2 Å². The van der Waals surface area contributed by atoms with Gasteiger partial charge in [0.25, 0.3) is 0 Å². The van der Waals surface area contributed by atoms with E-state index >= 15 is 0 Å². The van der Waals surface area contributed by atoms with Crippen LogP contribution in [0.25, 0.3) is 11.1 Å². The van der Waals surface area contributed by atoms with Crippen LogP contribution < -0.4 is 0 Å². The second kappa shape index (κ2) is 11.4. The SMILES string of the molecule is N#Cc1ccc(-c2cc[c-]cc2)c(Cl)c1.[CH2-]C1CCC(C)(O)CC1.[O]=[Os]. The van der Waals surface area contributed by atoms with Crippen LogP contribution in [0.3, 0.4) is 0 Å². The summed E-state index contributed by atoms with van der Waals surface area (Å²) in [5.41, 5.74) is 2.16. The van der Waals surface area contributed by atoms with Crippen molar-refractivity contribution in [2.75, 3.05) is 0 Å².